The molecule has 3 aromatic heterocycles. The van der Waals surface area contributed by atoms with Crippen molar-refractivity contribution in [3.8, 4) is 11.4 Å². The van der Waals surface area contributed by atoms with E-state index in [4.69, 9.17) is 9.36 Å². The van der Waals surface area contributed by atoms with Crippen molar-refractivity contribution in [2.45, 2.75) is 32.6 Å². The molecule has 3 heterocycles. The Morgan fingerprint density at radius 2 is 2.15 bits per heavy atom. The van der Waals surface area contributed by atoms with Crippen LogP contribution in [0.5, 0.6) is 0 Å². The Bertz CT molecular complexity index is 1270. The van der Waals surface area contributed by atoms with Gasteiger partial charge in [-0.15, -0.1) is 0 Å². The van der Waals surface area contributed by atoms with Gasteiger partial charge in [0.2, 0.25) is 11.7 Å². The topological polar surface area (TPSA) is 107 Å². The van der Waals surface area contributed by atoms with Crippen LogP contribution < -0.4 is 5.32 Å². The number of carbonyl (C=O) groups excluding carboxylic acids is 1. The van der Waals surface area contributed by atoms with Gasteiger partial charge in [-0.05, 0) is 37.6 Å². The minimum atomic E-state index is 0.259. The summed E-state index contributed by atoms with van der Waals surface area (Å²) in [7, 11) is 1.90. The van der Waals surface area contributed by atoms with Crippen LogP contribution in [0.4, 0.5) is 5.69 Å². The number of benzene rings is 1. The molecule has 0 aliphatic heterocycles. The first-order valence-electron chi connectivity index (χ1n) is 10.8. The lowest BCUT2D eigenvalue weighted by molar-refractivity contribution is 0.111. The van der Waals surface area contributed by atoms with E-state index in [0.717, 1.165) is 41.7 Å². The molecule has 170 valence electrons. The highest BCUT2D eigenvalue weighted by Crippen LogP contribution is 2.35. The Labute approximate surface area is 191 Å². The largest absolute Gasteiger partial charge is 0.396 e. The number of imidazole rings is 1. The molecule has 0 spiro atoms. The number of oxime groups is 1. The Morgan fingerprint density at radius 3 is 2.91 bits per heavy atom. The average Bonchev–Trinajstić information content (AvgIpc) is 3.46. The molecule has 9 nitrogen and oxygen atoms in total. The number of fused-ring (bicyclic) bond motifs is 1. The molecule has 1 N–H and O–H groups in total. The third kappa shape index (κ3) is 4.92. The lowest BCUT2D eigenvalue weighted by Crippen LogP contribution is -2.22. The number of hydrogen-bond donors (Lipinski definition) is 1. The van der Waals surface area contributed by atoms with Crippen molar-refractivity contribution < 1.29 is 14.2 Å². The fourth-order valence-electron chi connectivity index (χ4n) is 3.50. The Balaban J connectivity index is 0.000000196. The van der Waals surface area contributed by atoms with Crippen molar-refractivity contribution >= 4 is 23.3 Å². The van der Waals surface area contributed by atoms with E-state index in [1.54, 1.807) is 10.6 Å². The molecule has 1 saturated carbocycles. The van der Waals surface area contributed by atoms with Crippen LogP contribution in [0.15, 0.2) is 58.5 Å². The van der Waals surface area contributed by atoms with Gasteiger partial charge in [-0.25, -0.2) is 4.98 Å². The SMILES string of the molecule is CCON=C1CC(c2nc(-c3ccc(C)c(NC)c3)no2)C1.O=Cc1cnc2ccccn12. The molecule has 0 atom stereocenters. The number of nitrogens with zero attached hydrogens (tertiary/aromatic N) is 5. The van der Waals surface area contributed by atoms with Gasteiger partial charge in [-0.3, -0.25) is 9.20 Å². The zero-order valence-electron chi connectivity index (χ0n) is 18.9. The van der Waals surface area contributed by atoms with E-state index in [-0.39, 0.29) is 5.92 Å². The fraction of sp³-hybridized carbons (Fsp3) is 0.292. The molecule has 0 bridgehead atoms. The van der Waals surface area contributed by atoms with Crippen LogP contribution in [0, 0.1) is 6.92 Å². The highest BCUT2D eigenvalue weighted by Gasteiger charge is 2.32. The highest BCUT2D eigenvalue weighted by atomic mass is 16.6. The number of anilines is 1. The normalized spacial score (nSPS) is 14.8. The van der Waals surface area contributed by atoms with Crippen molar-refractivity contribution in [3.05, 3.63) is 65.9 Å². The average molecular weight is 447 g/mol. The van der Waals surface area contributed by atoms with E-state index in [1.165, 1.54) is 5.56 Å². The van der Waals surface area contributed by atoms with Gasteiger partial charge in [0.05, 0.1) is 11.9 Å². The smallest absolute Gasteiger partial charge is 0.230 e. The first-order chi connectivity index (χ1) is 16.1. The Hall–Kier alpha value is -4.01. The molecule has 4 aromatic rings. The first kappa shape index (κ1) is 22.2. The van der Waals surface area contributed by atoms with Crippen LogP contribution in [-0.2, 0) is 4.84 Å². The van der Waals surface area contributed by atoms with Crippen LogP contribution in [0.2, 0.25) is 0 Å². The zero-order valence-corrected chi connectivity index (χ0v) is 18.9. The summed E-state index contributed by atoms with van der Waals surface area (Å²) in [6.07, 6.45) is 5.82. The number of aryl methyl sites for hydroxylation is 1. The number of hydrogen-bond acceptors (Lipinski definition) is 8. The summed E-state index contributed by atoms with van der Waals surface area (Å²) in [6.45, 7) is 4.58. The van der Waals surface area contributed by atoms with E-state index < -0.39 is 0 Å². The molecule has 0 radical (unpaired) electrons. The van der Waals surface area contributed by atoms with Gasteiger partial charge in [0.15, 0.2) is 6.29 Å². The van der Waals surface area contributed by atoms with Gasteiger partial charge in [0.25, 0.3) is 0 Å². The van der Waals surface area contributed by atoms with Gasteiger partial charge in [-0.1, -0.05) is 28.5 Å². The van der Waals surface area contributed by atoms with Crippen LogP contribution in [0.3, 0.4) is 0 Å². The summed E-state index contributed by atoms with van der Waals surface area (Å²) < 4.78 is 7.15. The van der Waals surface area contributed by atoms with E-state index in [2.05, 4.69) is 32.5 Å². The standard InChI is InChI=1S/C16H20N4O2.C8H6N2O/c1-4-21-19-13-7-12(8-13)16-18-15(20-22-16)11-6-5-10(2)14(9-11)17-3;11-6-7-5-9-8-3-1-2-4-10(7)8/h5-6,9,12,17H,4,7-8H2,1-3H3;1-6H. The predicted molar refractivity (Wildman–Crippen MR) is 126 cm³/mol. The monoisotopic (exact) mass is 446 g/mol. The number of nitrogens with one attached hydrogen (secondary N) is 1. The summed E-state index contributed by atoms with van der Waals surface area (Å²) in [5, 5.41) is 11.3. The Kier molecular flexibility index (Phi) is 6.77. The predicted octanol–water partition coefficient (Wildman–Crippen LogP) is 4.50. The van der Waals surface area contributed by atoms with Gasteiger partial charge < -0.3 is 14.7 Å². The van der Waals surface area contributed by atoms with Crippen molar-refractivity contribution in [2.75, 3.05) is 19.0 Å². The quantitative estimate of drug-likeness (QED) is 0.343. The van der Waals surface area contributed by atoms with Crippen molar-refractivity contribution in [3.63, 3.8) is 0 Å². The second kappa shape index (κ2) is 10.1. The van der Waals surface area contributed by atoms with Gasteiger partial charge in [-0.2, -0.15) is 4.98 Å². The molecular formula is C24H26N6O3. The molecule has 0 amide bonds. The summed E-state index contributed by atoms with van der Waals surface area (Å²) in [5.41, 5.74) is 5.64. The summed E-state index contributed by atoms with van der Waals surface area (Å²) in [4.78, 5) is 24.0. The van der Waals surface area contributed by atoms with Crippen molar-refractivity contribution in [1.29, 1.82) is 0 Å². The number of pyridine rings is 1. The summed E-state index contributed by atoms with van der Waals surface area (Å²) >= 11 is 0. The van der Waals surface area contributed by atoms with Crippen LogP contribution in [0.25, 0.3) is 17.0 Å². The van der Waals surface area contributed by atoms with E-state index in [1.807, 2.05) is 56.6 Å². The van der Waals surface area contributed by atoms with E-state index in [0.29, 0.717) is 24.0 Å². The second-order valence-electron chi connectivity index (χ2n) is 7.65. The zero-order chi connectivity index (χ0) is 23.2. The van der Waals surface area contributed by atoms with Gasteiger partial charge in [0, 0.05) is 43.3 Å². The third-order valence-electron chi connectivity index (χ3n) is 5.41. The maximum atomic E-state index is 10.4. The van der Waals surface area contributed by atoms with E-state index in [9.17, 15) is 4.79 Å². The molecule has 1 fully saturated rings. The molecule has 5 rings (SSSR count). The first-order valence-corrected chi connectivity index (χ1v) is 10.8. The van der Waals surface area contributed by atoms with Crippen LogP contribution in [0.1, 0.15) is 47.6 Å². The van der Waals surface area contributed by atoms with Crippen LogP contribution in [-0.4, -0.2) is 45.2 Å². The molecule has 0 unspecified atom stereocenters. The fourth-order valence-corrected chi connectivity index (χ4v) is 3.50. The third-order valence-corrected chi connectivity index (χ3v) is 5.41. The molecule has 33 heavy (non-hydrogen) atoms. The number of aromatic nitrogens is 4. The maximum Gasteiger partial charge on any atom is 0.230 e. The minimum absolute atomic E-state index is 0.259. The summed E-state index contributed by atoms with van der Waals surface area (Å²) in [5.74, 6) is 1.56. The number of rotatable bonds is 6. The molecular weight excluding hydrogens is 420 g/mol. The number of carbonyl (C=O) groups is 1. The molecule has 1 aromatic carbocycles. The minimum Gasteiger partial charge on any atom is -0.396 e. The highest BCUT2D eigenvalue weighted by molar-refractivity contribution is 5.91. The lowest BCUT2D eigenvalue weighted by Gasteiger charge is -2.23. The maximum absolute atomic E-state index is 10.4. The van der Waals surface area contributed by atoms with Gasteiger partial charge in [0.1, 0.15) is 17.9 Å². The Morgan fingerprint density at radius 1 is 1.30 bits per heavy atom. The summed E-state index contributed by atoms with van der Waals surface area (Å²) in [6, 6.07) is 11.7. The molecule has 9 heteroatoms. The van der Waals surface area contributed by atoms with Crippen molar-refractivity contribution in [2.24, 2.45) is 5.16 Å². The van der Waals surface area contributed by atoms with E-state index >= 15 is 0 Å². The van der Waals surface area contributed by atoms with Crippen LogP contribution >= 0.6 is 0 Å². The number of aldehydes is 1. The molecule has 1 aliphatic rings. The lowest BCUT2D eigenvalue weighted by atomic mass is 9.83. The molecule has 1 aliphatic carbocycles. The van der Waals surface area contributed by atoms with Crippen molar-refractivity contribution in [1.82, 2.24) is 19.5 Å². The molecule has 0 saturated heterocycles. The van der Waals surface area contributed by atoms with Gasteiger partial charge >= 0.3 is 0 Å². The second-order valence-corrected chi connectivity index (χ2v) is 7.65.